The maximum Gasteiger partial charge on any atom is 0.0209 e. The highest BCUT2D eigenvalue weighted by atomic mass is 14.8. The van der Waals surface area contributed by atoms with Gasteiger partial charge in [-0.15, -0.1) is 0 Å². The van der Waals surface area contributed by atoms with E-state index in [2.05, 4.69) is 122 Å². The average Bonchev–Trinajstić information content (AvgIpc) is 3.06. The fraction of sp³-hybridized carbons (Fsp3) is 0.400. The quantitative estimate of drug-likeness (QED) is 0.214. The Hall–Kier alpha value is -3.20. The maximum absolute atomic E-state index is 3.31. The van der Waals surface area contributed by atoms with Crippen LogP contribution < -0.4 is 10.6 Å². The van der Waals surface area contributed by atoms with Gasteiger partial charge in [0.25, 0.3) is 0 Å². The molecule has 0 aromatic heterocycles. The molecule has 6 aliphatic carbocycles. The van der Waals surface area contributed by atoms with Gasteiger partial charge in [-0.25, -0.2) is 0 Å². The summed E-state index contributed by atoms with van der Waals surface area (Å²) in [5.41, 5.74) is 13.3. The van der Waals surface area contributed by atoms with Crippen LogP contribution in [0.5, 0.6) is 0 Å². The van der Waals surface area contributed by atoms with Crippen LogP contribution in [0.15, 0.2) is 97.1 Å². The van der Waals surface area contributed by atoms with E-state index in [1.807, 2.05) is 0 Å². The van der Waals surface area contributed by atoms with E-state index in [4.69, 9.17) is 0 Å². The fourth-order valence-corrected chi connectivity index (χ4v) is 9.44. The molecule has 2 heteroatoms. The molecule has 0 atom stereocenters. The summed E-state index contributed by atoms with van der Waals surface area (Å²) in [6.07, 6.45) is 10.3. The van der Waals surface area contributed by atoms with Crippen molar-refractivity contribution in [2.24, 2.45) is 0 Å². The van der Waals surface area contributed by atoms with Gasteiger partial charge in [0.15, 0.2) is 0 Å². The van der Waals surface area contributed by atoms with Crippen molar-refractivity contribution in [3.8, 4) is 0 Å². The molecule has 4 aromatic rings. The van der Waals surface area contributed by atoms with Gasteiger partial charge in [0.1, 0.15) is 0 Å². The second-order valence-electron chi connectivity index (χ2n) is 13.1. The normalized spacial score (nSPS) is 25.5. The van der Waals surface area contributed by atoms with Gasteiger partial charge in [0, 0.05) is 22.7 Å². The van der Waals surface area contributed by atoms with Crippen LogP contribution in [0.1, 0.15) is 108 Å². The average molecular weight is 555 g/mol. The smallest absolute Gasteiger partial charge is 0.0209 e. The van der Waals surface area contributed by atoms with Crippen molar-refractivity contribution >= 4 is 0 Å². The van der Waals surface area contributed by atoms with Crippen molar-refractivity contribution < 1.29 is 0 Å². The zero-order valence-corrected chi connectivity index (χ0v) is 25.5. The Morgan fingerprint density at radius 3 is 1.12 bits per heavy atom. The first-order chi connectivity index (χ1) is 20.7. The minimum atomic E-state index is 0.263. The molecule has 0 heterocycles. The molecule has 216 valence electrons. The highest BCUT2D eigenvalue weighted by Crippen LogP contribution is 2.59. The summed E-state index contributed by atoms with van der Waals surface area (Å²) in [5, 5.41) is 6.62. The molecule has 0 fully saturated rings. The number of nitrogens with one attached hydrogen (secondary N) is 2. The van der Waals surface area contributed by atoms with E-state index in [0.717, 1.165) is 13.1 Å². The highest BCUT2D eigenvalue weighted by Gasteiger charge is 2.48. The number of fused-ring (bicyclic) bond motifs is 2. The number of benzene rings is 4. The Labute approximate surface area is 253 Å². The van der Waals surface area contributed by atoms with Crippen LogP contribution in [0.2, 0.25) is 0 Å². The molecule has 0 aliphatic heterocycles. The molecule has 0 amide bonds. The maximum atomic E-state index is 3.31. The van der Waals surface area contributed by atoms with E-state index in [1.165, 1.54) is 51.4 Å². The van der Waals surface area contributed by atoms with Crippen LogP contribution in [-0.2, 0) is 10.8 Å². The summed E-state index contributed by atoms with van der Waals surface area (Å²) >= 11 is 0. The zero-order chi connectivity index (χ0) is 28.6. The molecule has 42 heavy (non-hydrogen) atoms. The number of hydrogen-bond acceptors (Lipinski definition) is 2. The molecule has 4 bridgehead atoms. The fourth-order valence-electron chi connectivity index (χ4n) is 9.44. The molecule has 4 aromatic carbocycles. The summed E-state index contributed by atoms with van der Waals surface area (Å²) < 4.78 is 0. The van der Waals surface area contributed by atoms with E-state index in [1.54, 1.807) is 44.5 Å². The highest BCUT2D eigenvalue weighted by molar-refractivity contribution is 5.60. The van der Waals surface area contributed by atoms with Crippen molar-refractivity contribution in [2.75, 3.05) is 27.2 Å². The zero-order valence-electron chi connectivity index (χ0n) is 25.5. The van der Waals surface area contributed by atoms with Crippen molar-refractivity contribution in [1.82, 2.24) is 10.6 Å². The summed E-state index contributed by atoms with van der Waals surface area (Å²) in [6.45, 7) is 2.21. The van der Waals surface area contributed by atoms with Crippen LogP contribution in [0.25, 0.3) is 0 Å². The second-order valence-corrected chi connectivity index (χ2v) is 13.1. The van der Waals surface area contributed by atoms with Gasteiger partial charge in [0.2, 0.25) is 0 Å². The molecule has 2 N–H and O–H groups in total. The molecule has 2 nitrogen and oxygen atoms in total. The lowest BCUT2D eigenvalue weighted by molar-refractivity contribution is 0.341. The molecular weight excluding hydrogens is 508 g/mol. The van der Waals surface area contributed by atoms with Gasteiger partial charge in [-0.3, -0.25) is 0 Å². The van der Waals surface area contributed by atoms with Gasteiger partial charge in [-0.2, -0.15) is 0 Å². The third-order valence-electron chi connectivity index (χ3n) is 11.2. The summed E-state index contributed by atoms with van der Waals surface area (Å²) in [5.74, 6) is 1.26. The molecular formula is C40H46N2. The summed E-state index contributed by atoms with van der Waals surface area (Å²) in [7, 11) is 4.11. The lowest BCUT2D eigenvalue weighted by Crippen LogP contribution is -2.40. The summed E-state index contributed by atoms with van der Waals surface area (Å²) in [4.78, 5) is 0. The molecule has 0 radical (unpaired) electrons. The topological polar surface area (TPSA) is 24.1 Å². The molecule has 0 saturated carbocycles. The first-order valence-corrected chi connectivity index (χ1v) is 16.4. The first-order valence-electron chi connectivity index (χ1n) is 16.4. The lowest BCUT2D eigenvalue weighted by Gasteiger charge is -2.50. The number of hydrogen-bond donors (Lipinski definition) is 2. The Morgan fingerprint density at radius 1 is 0.500 bits per heavy atom. The largest absolute Gasteiger partial charge is 0.320 e. The Bertz CT molecular complexity index is 1340. The van der Waals surface area contributed by atoms with Crippen LogP contribution in [0.3, 0.4) is 0 Å². The second kappa shape index (κ2) is 11.5. The van der Waals surface area contributed by atoms with Gasteiger partial charge in [0.05, 0.1) is 0 Å². The van der Waals surface area contributed by atoms with Crippen molar-refractivity contribution in [3.05, 3.63) is 142 Å². The van der Waals surface area contributed by atoms with E-state index in [-0.39, 0.29) is 10.8 Å². The third-order valence-corrected chi connectivity index (χ3v) is 11.2. The van der Waals surface area contributed by atoms with Crippen LogP contribution in [-0.4, -0.2) is 27.2 Å². The van der Waals surface area contributed by atoms with Gasteiger partial charge in [-0.05, 0) is 123 Å². The van der Waals surface area contributed by atoms with E-state index in [9.17, 15) is 0 Å². The van der Waals surface area contributed by atoms with Crippen LogP contribution >= 0.6 is 0 Å². The van der Waals surface area contributed by atoms with Crippen molar-refractivity contribution in [3.63, 3.8) is 0 Å². The number of rotatable bonds is 8. The molecule has 6 aliphatic rings. The van der Waals surface area contributed by atoms with Gasteiger partial charge in [-0.1, -0.05) is 97.1 Å². The predicted octanol–water partition coefficient (Wildman–Crippen LogP) is 8.42. The summed E-state index contributed by atoms with van der Waals surface area (Å²) in [6, 6.07) is 36.7. The predicted molar refractivity (Wildman–Crippen MR) is 176 cm³/mol. The SMILES string of the molecule is CNCCCC12CCC(c3ccccc31)c1ccccc12.CNCCCC12CCC(c3ccccc31)c1ccccc12. The van der Waals surface area contributed by atoms with Crippen molar-refractivity contribution in [2.45, 2.75) is 74.0 Å². The van der Waals surface area contributed by atoms with Crippen LogP contribution in [0, 0.1) is 0 Å². The molecule has 0 unspecified atom stereocenters. The molecule has 10 rings (SSSR count). The monoisotopic (exact) mass is 554 g/mol. The minimum absolute atomic E-state index is 0.263. The van der Waals surface area contributed by atoms with Gasteiger partial charge < -0.3 is 10.6 Å². The van der Waals surface area contributed by atoms with E-state index in [0.29, 0.717) is 11.8 Å². The standard InChI is InChI=1S/2C20H23N/c2*1-21-14-6-12-20-13-11-15(16-7-2-4-9-18(16)20)17-8-3-5-10-19(17)20/h2*2-5,7-10,15,21H,6,11-14H2,1H3. The Balaban J connectivity index is 0.000000137. The Morgan fingerprint density at radius 2 is 0.810 bits per heavy atom. The Kier molecular flexibility index (Phi) is 7.54. The minimum Gasteiger partial charge on any atom is -0.320 e. The van der Waals surface area contributed by atoms with Gasteiger partial charge >= 0.3 is 0 Å². The molecule has 0 saturated heterocycles. The van der Waals surface area contributed by atoms with E-state index >= 15 is 0 Å². The van der Waals surface area contributed by atoms with Crippen LogP contribution in [0.4, 0.5) is 0 Å². The third kappa shape index (κ3) is 4.29. The molecule has 0 spiro atoms. The first kappa shape index (κ1) is 27.6. The lowest BCUT2D eigenvalue weighted by atomic mass is 9.54. The van der Waals surface area contributed by atoms with E-state index < -0.39 is 0 Å². The van der Waals surface area contributed by atoms with Crippen molar-refractivity contribution in [1.29, 1.82) is 0 Å².